The molecule has 0 radical (unpaired) electrons. The van der Waals surface area contributed by atoms with Crippen molar-refractivity contribution in [3.8, 4) is 0 Å². The molecule has 0 aromatic carbocycles. The number of thiophene rings is 1. The number of esters is 2. The van der Waals surface area contributed by atoms with E-state index in [0.717, 1.165) is 17.7 Å². The number of ether oxygens (including phenoxy) is 2. The summed E-state index contributed by atoms with van der Waals surface area (Å²) >= 11 is 1.38. The summed E-state index contributed by atoms with van der Waals surface area (Å²) in [6.07, 6.45) is 2.37. The highest BCUT2D eigenvalue weighted by molar-refractivity contribution is 7.16. The first-order chi connectivity index (χ1) is 9.95. The van der Waals surface area contributed by atoms with Gasteiger partial charge in [0.05, 0.1) is 24.2 Å². The Bertz CT molecular complexity index is 566. The number of hydrogen-bond donors (Lipinski definition) is 1. The van der Waals surface area contributed by atoms with Crippen LogP contribution in [0, 0.1) is 0 Å². The lowest BCUT2D eigenvalue weighted by Gasteiger charge is -2.32. The van der Waals surface area contributed by atoms with Gasteiger partial charge in [0.2, 0.25) is 0 Å². The van der Waals surface area contributed by atoms with Crippen molar-refractivity contribution in [1.82, 2.24) is 0 Å². The van der Waals surface area contributed by atoms with Crippen LogP contribution in [0.4, 0.5) is 5.00 Å². The van der Waals surface area contributed by atoms with Crippen LogP contribution in [0.15, 0.2) is 0 Å². The van der Waals surface area contributed by atoms with E-state index in [1.165, 1.54) is 11.3 Å². The summed E-state index contributed by atoms with van der Waals surface area (Å²) in [5.74, 6) is -0.751. The van der Waals surface area contributed by atoms with Crippen molar-refractivity contribution in [2.24, 2.45) is 0 Å². The molecule has 1 aliphatic carbocycles. The molecule has 21 heavy (non-hydrogen) atoms. The fourth-order valence-electron chi connectivity index (χ4n) is 2.88. The van der Waals surface area contributed by atoms with E-state index in [1.54, 1.807) is 13.8 Å². The van der Waals surface area contributed by atoms with E-state index in [1.807, 2.05) is 6.92 Å². The zero-order valence-electron chi connectivity index (χ0n) is 12.7. The second-order valence-corrected chi connectivity index (χ2v) is 6.40. The summed E-state index contributed by atoms with van der Waals surface area (Å²) in [7, 11) is 0. The van der Waals surface area contributed by atoms with Crippen LogP contribution in [-0.4, -0.2) is 25.2 Å². The normalized spacial score (nSPS) is 20.7. The largest absolute Gasteiger partial charge is 0.465 e. The lowest BCUT2D eigenvalue weighted by molar-refractivity contribution is -0.150. The summed E-state index contributed by atoms with van der Waals surface area (Å²) in [6.45, 7) is 5.95. The maximum atomic E-state index is 12.4. The third-order valence-corrected chi connectivity index (χ3v) is 4.92. The Morgan fingerprint density at radius 2 is 1.95 bits per heavy atom. The van der Waals surface area contributed by atoms with Crippen LogP contribution in [-0.2, 0) is 26.1 Å². The van der Waals surface area contributed by atoms with Gasteiger partial charge < -0.3 is 15.2 Å². The molecular formula is C15H21NO4S. The third kappa shape index (κ3) is 2.64. The lowest BCUT2D eigenvalue weighted by Crippen LogP contribution is -2.38. The standard InChI is InChI=1S/C15H21NO4S/c1-4-19-13(17)10-11-9(21-12(10)16)7-6-8-15(11,3)14(18)20-5-2/h4-8,16H2,1-3H3/t15-/m0/s1. The van der Waals surface area contributed by atoms with E-state index < -0.39 is 11.4 Å². The van der Waals surface area contributed by atoms with Crippen molar-refractivity contribution < 1.29 is 19.1 Å². The second kappa shape index (κ2) is 6.05. The maximum absolute atomic E-state index is 12.4. The molecule has 1 aromatic rings. The lowest BCUT2D eigenvalue weighted by atomic mass is 9.72. The molecule has 1 atom stereocenters. The van der Waals surface area contributed by atoms with Crippen LogP contribution in [0.25, 0.3) is 0 Å². The van der Waals surface area contributed by atoms with Gasteiger partial charge in [0.15, 0.2) is 0 Å². The molecular weight excluding hydrogens is 290 g/mol. The molecule has 0 fully saturated rings. The Balaban J connectivity index is 2.55. The average molecular weight is 311 g/mol. The van der Waals surface area contributed by atoms with Crippen LogP contribution in [0.3, 0.4) is 0 Å². The first kappa shape index (κ1) is 15.8. The van der Waals surface area contributed by atoms with Crippen molar-refractivity contribution in [3.05, 3.63) is 16.0 Å². The van der Waals surface area contributed by atoms with Crippen LogP contribution in [0.5, 0.6) is 0 Å². The summed E-state index contributed by atoms with van der Waals surface area (Å²) in [4.78, 5) is 25.6. The molecule has 0 bridgehead atoms. The van der Waals surface area contributed by atoms with Crippen LogP contribution in [0.1, 0.15) is 54.4 Å². The summed E-state index contributed by atoms with van der Waals surface area (Å²) in [5, 5.41) is 0.427. The molecule has 0 spiro atoms. The second-order valence-electron chi connectivity index (χ2n) is 5.27. The number of aryl methyl sites for hydroxylation is 1. The van der Waals surface area contributed by atoms with Gasteiger partial charge in [-0.3, -0.25) is 4.79 Å². The molecule has 6 heteroatoms. The SMILES string of the molecule is CCOC(=O)c1c(N)sc2c1[C@@](C)(C(=O)OCC)CCC2. The minimum atomic E-state index is -0.820. The number of nitrogen functional groups attached to an aromatic ring is 1. The Kier molecular flexibility index (Phi) is 4.56. The molecule has 116 valence electrons. The predicted molar refractivity (Wildman–Crippen MR) is 81.6 cm³/mol. The number of carbonyl (C=O) groups excluding carboxylic acids is 2. The Labute approximate surface area is 128 Å². The third-order valence-electron chi connectivity index (χ3n) is 3.85. The zero-order chi connectivity index (χ0) is 15.6. The van der Waals surface area contributed by atoms with Gasteiger partial charge in [-0.2, -0.15) is 0 Å². The van der Waals surface area contributed by atoms with Gasteiger partial charge in [-0.1, -0.05) is 0 Å². The Hall–Kier alpha value is -1.56. The van der Waals surface area contributed by atoms with Gasteiger partial charge in [0, 0.05) is 4.88 Å². The van der Waals surface area contributed by atoms with Gasteiger partial charge in [-0.25, -0.2) is 4.79 Å². The van der Waals surface area contributed by atoms with Crippen LogP contribution >= 0.6 is 11.3 Å². The zero-order valence-corrected chi connectivity index (χ0v) is 13.5. The quantitative estimate of drug-likeness (QED) is 0.865. The minimum Gasteiger partial charge on any atom is -0.465 e. The number of nitrogens with two attached hydrogens (primary N) is 1. The topological polar surface area (TPSA) is 78.6 Å². The molecule has 1 aliphatic rings. The monoisotopic (exact) mass is 311 g/mol. The Morgan fingerprint density at radius 3 is 2.57 bits per heavy atom. The highest BCUT2D eigenvalue weighted by atomic mass is 32.1. The summed E-state index contributed by atoms with van der Waals surface area (Å²) in [5.41, 5.74) is 6.26. The number of carbonyl (C=O) groups is 2. The number of fused-ring (bicyclic) bond motifs is 1. The van der Waals surface area contributed by atoms with E-state index >= 15 is 0 Å². The number of rotatable bonds is 4. The van der Waals surface area contributed by atoms with E-state index in [-0.39, 0.29) is 12.6 Å². The van der Waals surface area contributed by atoms with Crippen molar-refractivity contribution in [2.75, 3.05) is 18.9 Å². The molecule has 1 heterocycles. The molecule has 5 nitrogen and oxygen atoms in total. The average Bonchev–Trinajstić information content (AvgIpc) is 2.77. The van der Waals surface area contributed by atoms with E-state index in [0.29, 0.717) is 29.2 Å². The van der Waals surface area contributed by atoms with Gasteiger partial charge in [-0.15, -0.1) is 11.3 Å². The fourth-order valence-corrected chi connectivity index (χ4v) is 4.11. The molecule has 0 saturated carbocycles. The predicted octanol–water partition coefficient (Wildman–Crippen LogP) is 2.66. The van der Waals surface area contributed by atoms with E-state index in [4.69, 9.17) is 15.2 Å². The van der Waals surface area contributed by atoms with Crippen molar-refractivity contribution in [2.45, 2.75) is 45.4 Å². The first-order valence-corrected chi connectivity index (χ1v) is 8.03. The van der Waals surface area contributed by atoms with Crippen LogP contribution < -0.4 is 5.73 Å². The number of anilines is 1. The van der Waals surface area contributed by atoms with Gasteiger partial charge in [0.25, 0.3) is 0 Å². The van der Waals surface area contributed by atoms with Gasteiger partial charge >= 0.3 is 11.9 Å². The van der Waals surface area contributed by atoms with Crippen molar-refractivity contribution in [3.63, 3.8) is 0 Å². The minimum absolute atomic E-state index is 0.277. The van der Waals surface area contributed by atoms with Gasteiger partial charge in [-0.05, 0) is 45.6 Å². The van der Waals surface area contributed by atoms with E-state index in [2.05, 4.69) is 0 Å². The highest BCUT2D eigenvalue weighted by Gasteiger charge is 2.45. The fraction of sp³-hybridized carbons (Fsp3) is 0.600. The molecule has 0 aliphatic heterocycles. The van der Waals surface area contributed by atoms with E-state index in [9.17, 15) is 9.59 Å². The maximum Gasteiger partial charge on any atom is 0.341 e. The molecule has 1 aromatic heterocycles. The van der Waals surface area contributed by atoms with Crippen LogP contribution in [0.2, 0.25) is 0 Å². The molecule has 0 amide bonds. The van der Waals surface area contributed by atoms with Crippen molar-refractivity contribution in [1.29, 1.82) is 0 Å². The molecule has 2 rings (SSSR count). The highest BCUT2D eigenvalue weighted by Crippen LogP contribution is 2.46. The molecule has 0 saturated heterocycles. The summed E-state index contributed by atoms with van der Waals surface area (Å²) < 4.78 is 10.3. The molecule has 0 unspecified atom stereocenters. The number of hydrogen-bond acceptors (Lipinski definition) is 6. The smallest absolute Gasteiger partial charge is 0.341 e. The Morgan fingerprint density at radius 1 is 1.29 bits per heavy atom. The van der Waals surface area contributed by atoms with Crippen molar-refractivity contribution >= 4 is 28.3 Å². The first-order valence-electron chi connectivity index (χ1n) is 7.21. The molecule has 2 N–H and O–H groups in total. The van der Waals surface area contributed by atoms with Gasteiger partial charge in [0.1, 0.15) is 5.00 Å². The summed E-state index contributed by atoms with van der Waals surface area (Å²) in [6, 6.07) is 0.